The number of hydrogen-bond donors (Lipinski definition) is 4. The van der Waals surface area contributed by atoms with Gasteiger partial charge in [-0.3, -0.25) is 9.59 Å². The molecule has 0 bridgehead atoms. The van der Waals surface area contributed by atoms with Crippen molar-refractivity contribution in [1.82, 2.24) is 20.6 Å². The van der Waals surface area contributed by atoms with Crippen LogP contribution in [0.2, 0.25) is 0 Å². The van der Waals surface area contributed by atoms with Crippen LogP contribution in [0, 0.1) is 5.82 Å². The molecule has 0 saturated heterocycles. The van der Waals surface area contributed by atoms with Crippen molar-refractivity contribution < 1.29 is 28.6 Å². The van der Waals surface area contributed by atoms with Crippen LogP contribution in [0.15, 0.2) is 77.5 Å². The van der Waals surface area contributed by atoms with E-state index in [1.165, 1.54) is 25.2 Å². The summed E-state index contributed by atoms with van der Waals surface area (Å²) in [6, 6.07) is 16.0. The number of aliphatic hydroxyl groups excluding tert-OH is 1. The summed E-state index contributed by atoms with van der Waals surface area (Å²) >= 11 is 0. The molecule has 2 aromatic heterocycles. The highest BCUT2D eigenvalue weighted by Gasteiger charge is 2.48. The van der Waals surface area contributed by atoms with Crippen LogP contribution in [0.3, 0.4) is 0 Å². The van der Waals surface area contributed by atoms with Crippen molar-refractivity contribution in [2.24, 2.45) is 0 Å². The van der Waals surface area contributed by atoms with Gasteiger partial charge in [-0.25, -0.2) is 14.4 Å². The Morgan fingerprint density at radius 2 is 1.73 bits per heavy atom. The van der Waals surface area contributed by atoms with Gasteiger partial charge in [0.1, 0.15) is 28.4 Å². The Bertz CT molecular complexity index is 1860. The quantitative estimate of drug-likeness (QED) is 0.186. The van der Waals surface area contributed by atoms with Crippen LogP contribution >= 0.6 is 0 Å². The Labute approximate surface area is 252 Å². The lowest BCUT2D eigenvalue weighted by Crippen LogP contribution is -2.57. The number of halogens is 1. The number of nitrogens with one attached hydrogen (secondary N) is 2. The largest absolute Gasteiger partial charge is 0.507 e. The standard InChI is InChI=1S/C34H31FN4O5/c1-3-5-20-15-28-26(29(32(43)36-2)30(44-28)19-6-9-22(35)10-7-19)16-24(20)21-8-11-27(41)25(14-21)31(42)39-34(17-23(40)18-34)33-37-12-4-13-38-33/h4,6-16,23,40-41H,3,5,17-18H2,1-2H3,(H,36,43)(H,39,42). The highest BCUT2D eigenvalue weighted by atomic mass is 19.1. The number of aliphatic hydroxyl groups is 1. The minimum Gasteiger partial charge on any atom is -0.507 e. The predicted octanol–water partition coefficient (Wildman–Crippen LogP) is 5.49. The number of benzene rings is 3. The lowest BCUT2D eigenvalue weighted by molar-refractivity contribution is -0.00348. The highest BCUT2D eigenvalue weighted by molar-refractivity contribution is 6.12. The van der Waals surface area contributed by atoms with E-state index in [1.807, 2.05) is 19.1 Å². The normalized spacial score (nSPS) is 17.7. The Kier molecular flexibility index (Phi) is 7.60. The van der Waals surface area contributed by atoms with Crippen LogP contribution in [0.25, 0.3) is 33.4 Å². The van der Waals surface area contributed by atoms with Gasteiger partial charge in [0.05, 0.1) is 17.2 Å². The van der Waals surface area contributed by atoms with E-state index in [2.05, 4.69) is 20.6 Å². The summed E-state index contributed by atoms with van der Waals surface area (Å²) in [7, 11) is 1.53. The number of furan rings is 1. The lowest BCUT2D eigenvalue weighted by Gasteiger charge is -2.44. The number of aromatic nitrogens is 2. The Morgan fingerprint density at radius 1 is 1.02 bits per heavy atom. The number of aromatic hydroxyl groups is 1. The van der Waals surface area contributed by atoms with Gasteiger partial charge in [-0.15, -0.1) is 0 Å². The molecule has 0 atom stereocenters. The topological polar surface area (TPSA) is 138 Å². The van der Waals surface area contributed by atoms with E-state index < -0.39 is 23.4 Å². The predicted molar refractivity (Wildman–Crippen MR) is 163 cm³/mol. The third kappa shape index (κ3) is 5.17. The number of nitrogens with zero attached hydrogens (tertiary/aromatic N) is 2. The molecule has 6 rings (SSSR count). The molecule has 0 unspecified atom stereocenters. The van der Waals surface area contributed by atoms with Crippen LogP contribution in [0.4, 0.5) is 4.39 Å². The van der Waals surface area contributed by atoms with Crippen LogP contribution in [0.1, 0.15) is 58.3 Å². The first-order valence-corrected chi connectivity index (χ1v) is 14.4. The van der Waals surface area contributed by atoms with Gasteiger partial charge in [0.25, 0.3) is 11.8 Å². The smallest absolute Gasteiger partial charge is 0.255 e. The van der Waals surface area contributed by atoms with Crippen molar-refractivity contribution in [3.63, 3.8) is 0 Å². The molecule has 4 N–H and O–H groups in total. The molecular weight excluding hydrogens is 563 g/mol. The summed E-state index contributed by atoms with van der Waals surface area (Å²) in [5, 5.41) is 27.1. The molecule has 10 heteroatoms. The number of hydrogen-bond acceptors (Lipinski definition) is 7. The van der Waals surface area contributed by atoms with Crippen molar-refractivity contribution >= 4 is 22.8 Å². The molecule has 3 aromatic carbocycles. The van der Waals surface area contributed by atoms with Crippen molar-refractivity contribution in [1.29, 1.82) is 0 Å². The van der Waals surface area contributed by atoms with E-state index in [4.69, 9.17) is 4.42 Å². The second-order valence-electron chi connectivity index (χ2n) is 11.1. The lowest BCUT2D eigenvalue weighted by atomic mass is 9.73. The monoisotopic (exact) mass is 594 g/mol. The van der Waals surface area contributed by atoms with Gasteiger partial charge < -0.3 is 25.3 Å². The van der Waals surface area contributed by atoms with Gasteiger partial charge in [-0.1, -0.05) is 19.4 Å². The van der Waals surface area contributed by atoms with Crippen molar-refractivity contribution in [3.05, 3.63) is 101 Å². The Hall–Kier alpha value is -5.09. The summed E-state index contributed by atoms with van der Waals surface area (Å²) < 4.78 is 19.9. The van der Waals surface area contributed by atoms with Gasteiger partial charge in [0.2, 0.25) is 0 Å². The molecule has 44 heavy (non-hydrogen) atoms. The summed E-state index contributed by atoms with van der Waals surface area (Å²) in [4.78, 5) is 35.4. The molecule has 5 aromatic rings. The van der Waals surface area contributed by atoms with Crippen LogP contribution < -0.4 is 10.6 Å². The van der Waals surface area contributed by atoms with Crippen molar-refractivity contribution in [2.45, 2.75) is 44.2 Å². The zero-order valence-electron chi connectivity index (χ0n) is 24.2. The summed E-state index contributed by atoms with van der Waals surface area (Å²) in [5.74, 6) is -0.790. The van der Waals surface area contributed by atoms with E-state index in [0.29, 0.717) is 45.7 Å². The third-order valence-corrected chi connectivity index (χ3v) is 8.06. The zero-order chi connectivity index (χ0) is 31.0. The van der Waals surface area contributed by atoms with E-state index >= 15 is 0 Å². The first-order chi connectivity index (χ1) is 21.2. The first kappa shape index (κ1) is 29.0. The Balaban J connectivity index is 1.45. The molecule has 1 saturated carbocycles. The summed E-state index contributed by atoms with van der Waals surface area (Å²) in [6.07, 6.45) is 4.55. The van der Waals surface area contributed by atoms with Crippen LogP contribution in [-0.4, -0.2) is 45.1 Å². The fourth-order valence-electron chi connectivity index (χ4n) is 5.89. The number of fused-ring (bicyclic) bond motifs is 1. The maximum atomic E-state index is 13.7. The van der Waals surface area contributed by atoms with Gasteiger partial charge in [-0.2, -0.15) is 0 Å². The number of amides is 2. The first-order valence-electron chi connectivity index (χ1n) is 14.4. The molecule has 1 aliphatic carbocycles. The van der Waals surface area contributed by atoms with E-state index in [1.54, 1.807) is 42.7 Å². The summed E-state index contributed by atoms with van der Waals surface area (Å²) in [5.41, 5.74) is 2.81. The molecule has 2 amide bonds. The molecule has 0 radical (unpaired) electrons. The molecule has 0 aliphatic heterocycles. The SMILES string of the molecule is CCCc1cc2oc(-c3ccc(F)cc3)c(C(=O)NC)c2cc1-c1ccc(O)c(C(=O)NC2(c3ncccn3)CC(O)C2)c1. The van der Waals surface area contributed by atoms with Gasteiger partial charge in [0.15, 0.2) is 5.82 Å². The number of carbonyl (C=O) groups is 2. The zero-order valence-corrected chi connectivity index (χ0v) is 24.2. The fourth-order valence-corrected chi connectivity index (χ4v) is 5.89. The highest BCUT2D eigenvalue weighted by Crippen LogP contribution is 2.41. The van der Waals surface area contributed by atoms with Gasteiger partial charge in [0, 0.05) is 43.2 Å². The number of phenolic OH excluding ortho intramolecular Hbond substituents is 1. The van der Waals surface area contributed by atoms with Gasteiger partial charge in [-0.05, 0) is 77.7 Å². The fraction of sp³-hybridized carbons (Fsp3) is 0.235. The average Bonchev–Trinajstić information content (AvgIpc) is 3.39. The molecule has 0 spiro atoms. The Morgan fingerprint density at radius 3 is 2.39 bits per heavy atom. The van der Waals surface area contributed by atoms with Crippen LogP contribution in [-0.2, 0) is 12.0 Å². The number of carbonyl (C=O) groups excluding carboxylic acids is 2. The second kappa shape index (κ2) is 11.5. The van der Waals surface area contributed by atoms with Crippen molar-refractivity contribution in [3.8, 4) is 28.2 Å². The molecular formula is C34H31FN4O5. The maximum absolute atomic E-state index is 13.7. The van der Waals surface area contributed by atoms with E-state index in [-0.39, 0.29) is 30.1 Å². The van der Waals surface area contributed by atoms with Gasteiger partial charge >= 0.3 is 0 Å². The molecule has 9 nitrogen and oxygen atoms in total. The summed E-state index contributed by atoms with van der Waals surface area (Å²) in [6.45, 7) is 2.05. The second-order valence-corrected chi connectivity index (χ2v) is 11.1. The number of aryl methyl sites for hydroxylation is 1. The van der Waals surface area contributed by atoms with Crippen molar-refractivity contribution in [2.75, 3.05) is 7.05 Å². The minimum atomic E-state index is -0.956. The van der Waals surface area contributed by atoms with E-state index in [0.717, 1.165) is 17.5 Å². The van der Waals surface area contributed by atoms with Crippen LogP contribution in [0.5, 0.6) is 5.75 Å². The molecule has 1 fully saturated rings. The number of rotatable bonds is 8. The maximum Gasteiger partial charge on any atom is 0.255 e. The molecule has 224 valence electrons. The third-order valence-electron chi connectivity index (χ3n) is 8.06. The number of phenols is 1. The van der Waals surface area contributed by atoms with E-state index in [9.17, 15) is 24.2 Å². The minimum absolute atomic E-state index is 0.0486. The molecule has 1 aliphatic rings. The molecule has 2 heterocycles. The average molecular weight is 595 g/mol.